The number of nitriles is 1. The fourth-order valence-corrected chi connectivity index (χ4v) is 2.54. The number of aromatic carboxylic acids is 2. The number of nitrogen functional groups attached to an aromatic ring is 1. The number of phenols is 2. The van der Waals surface area contributed by atoms with Crippen molar-refractivity contribution in [2.45, 2.75) is 6.92 Å². The number of ether oxygens (including phenoxy) is 1. The zero-order valence-electron chi connectivity index (χ0n) is 19.7. The number of phenolic OH excluding ortho intramolecular Hbond substituents is 1. The van der Waals surface area contributed by atoms with Gasteiger partial charge in [-0.25, -0.2) is 14.4 Å². The van der Waals surface area contributed by atoms with Crippen LogP contribution in [0.4, 0.5) is 5.69 Å². The van der Waals surface area contributed by atoms with Crippen molar-refractivity contribution in [3.8, 4) is 23.3 Å². The number of nitrogens with zero attached hydrogens (tertiary/aromatic N) is 1. The molecule has 0 aliphatic heterocycles. The first-order valence-corrected chi connectivity index (χ1v) is 10.3. The Morgan fingerprint density at radius 2 is 1.50 bits per heavy atom. The number of carboxylic acids is 3. The highest BCUT2D eigenvalue weighted by Gasteiger charge is 2.11. The third-order valence-electron chi connectivity index (χ3n) is 4.16. The van der Waals surface area contributed by atoms with Gasteiger partial charge in [0.05, 0.1) is 0 Å². The summed E-state index contributed by atoms with van der Waals surface area (Å²) in [4.78, 5) is 42.0. The fourth-order valence-electron chi connectivity index (χ4n) is 2.54. The number of carboxylic acid groups (broad SMARTS) is 3. The maximum absolute atomic E-state index is 10.6. The molecule has 0 saturated carbocycles. The average molecular weight is 522 g/mol. The van der Waals surface area contributed by atoms with Gasteiger partial charge in [0.1, 0.15) is 40.0 Å². The molecule has 0 bridgehead atoms. The second-order valence-corrected chi connectivity index (χ2v) is 7.05. The van der Waals surface area contributed by atoms with Crippen molar-refractivity contribution in [2.24, 2.45) is 0 Å². The van der Waals surface area contributed by atoms with E-state index in [-0.39, 0.29) is 33.9 Å². The number of anilines is 1. The Hall–Kier alpha value is -5.83. The van der Waals surface area contributed by atoms with Gasteiger partial charge in [0.25, 0.3) is 0 Å². The molecular formula is C26H22N2O10. The van der Waals surface area contributed by atoms with Crippen molar-refractivity contribution in [3.05, 3.63) is 89.0 Å². The lowest BCUT2D eigenvalue weighted by Gasteiger charge is -2.03. The van der Waals surface area contributed by atoms with E-state index in [0.717, 1.165) is 0 Å². The molecule has 0 aromatic heterocycles. The largest absolute Gasteiger partial charge is 0.508 e. The molecule has 12 nitrogen and oxygen atoms in total. The topological polar surface area (TPSA) is 228 Å². The second-order valence-electron chi connectivity index (χ2n) is 7.05. The van der Waals surface area contributed by atoms with Crippen molar-refractivity contribution >= 4 is 35.6 Å². The van der Waals surface area contributed by atoms with E-state index in [2.05, 4.69) is 4.74 Å². The van der Waals surface area contributed by atoms with Gasteiger partial charge >= 0.3 is 23.9 Å². The molecule has 7 N–H and O–H groups in total. The minimum atomic E-state index is -1.28. The molecule has 0 amide bonds. The summed E-state index contributed by atoms with van der Waals surface area (Å²) in [6, 6.07) is 17.4. The molecule has 0 aliphatic carbocycles. The van der Waals surface area contributed by atoms with E-state index >= 15 is 0 Å². The van der Waals surface area contributed by atoms with E-state index in [4.69, 9.17) is 36.5 Å². The van der Waals surface area contributed by atoms with E-state index < -0.39 is 23.9 Å². The summed E-state index contributed by atoms with van der Waals surface area (Å²) in [5, 5.41) is 52.2. The number of esters is 1. The van der Waals surface area contributed by atoms with Gasteiger partial charge in [-0.3, -0.25) is 4.79 Å². The summed E-state index contributed by atoms with van der Waals surface area (Å²) in [5.41, 5.74) is 5.57. The van der Waals surface area contributed by atoms with E-state index in [1.165, 1.54) is 55.5 Å². The van der Waals surface area contributed by atoms with Gasteiger partial charge in [0, 0.05) is 18.7 Å². The second kappa shape index (κ2) is 14.5. The zero-order chi connectivity index (χ0) is 28.8. The van der Waals surface area contributed by atoms with E-state index in [9.17, 15) is 19.2 Å². The first kappa shape index (κ1) is 30.2. The quantitative estimate of drug-likeness (QED) is 0.0931. The normalized spacial score (nSPS) is 9.84. The molecule has 3 aromatic carbocycles. The number of hydrogen-bond donors (Lipinski definition) is 6. The summed E-state index contributed by atoms with van der Waals surface area (Å²) in [6.07, 6.45) is 1.20. The Morgan fingerprint density at radius 1 is 0.868 bits per heavy atom. The van der Waals surface area contributed by atoms with Crippen LogP contribution < -0.4 is 10.5 Å². The highest BCUT2D eigenvalue weighted by atomic mass is 16.5. The molecule has 0 unspecified atom stereocenters. The average Bonchev–Trinajstić information content (AvgIpc) is 2.83. The summed E-state index contributed by atoms with van der Waals surface area (Å²) in [5.74, 6) is -4.30. The Labute approximate surface area is 215 Å². The van der Waals surface area contributed by atoms with Crippen molar-refractivity contribution in [2.75, 3.05) is 5.73 Å². The molecule has 0 saturated heterocycles. The van der Waals surface area contributed by atoms with Crippen LogP contribution in [0.25, 0.3) is 6.08 Å². The third-order valence-corrected chi connectivity index (χ3v) is 4.16. The van der Waals surface area contributed by atoms with Crippen molar-refractivity contribution in [3.63, 3.8) is 0 Å². The minimum absolute atomic E-state index is 0.0160. The predicted octanol–water partition coefficient (Wildman–Crippen LogP) is 3.37. The minimum Gasteiger partial charge on any atom is -0.508 e. The molecule has 0 radical (unpaired) electrons. The van der Waals surface area contributed by atoms with Crippen LogP contribution in [0.15, 0.2) is 72.3 Å². The summed E-state index contributed by atoms with van der Waals surface area (Å²) >= 11 is 0. The number of aromatic hydroxyl groups is 2. The molecule has 0 aliphatic rings. The van der Waals surface area contributed by atoms with Gasteiger partial charge in [0.15, 0.2) is 0 Å². The van der Waals surface area contributed by atoms with E-state index in [0.29, 0.717) is 11.3 Å². The van der Waals surface area contributed by atoms with Gasteiger partial charge in [-0.05, 0) is 48.0 Å². The standard InChI is InChI=1S/C10H7NO3.C9H8O4.C7H7NO3/c11-6-8(10(13)14)4-7-2-1-3-9(12)5-7;1-6(10)13-8-5-3-2-4-7(8)9(11)12;8-4-1-2-5(7(10)11)6(9)3-4/h1-5,12H,(H,13,14);2-5H,1H3,(H,11,12);1-3,9H,8H2,(H,10,11)/b8-4+;;. The van der Waals surface area contributed by atoms with Gasteiger partial charge in [-0.15, -0.1) is 0 Å². The summed E-state index contributed by atoms with van der Waals surface area (Å²) in [7, 11) is 0. The van der Waals surface area contributed by atoms with Crippen LogP contribution in [-0.2, 0) is 9.59 Å². The first-order valence-electron chi connectivity index (χ1n) is 10.3. The number of para-hydroxylation sites is 1. The van der Waals surface area contributed by atoms with E-state index in [1.54, 1.807) is 30.3 Å². The van der Waals surface area contributed by atoms with Crippen molar-refractivity contribution in [1.82, 2.24) is 0 Å². The molecule has 0 fully saturated rings. The van der Waals surface area contributed by atoms with Crippen LogP contribution in [0.1, 0.15) is 33.2 Å². The molecule has 3 aromatic rings. The first-order chi connectivity index (χ1) is 17.8. The Bertz CT molecular complexity index is 1410. The predicted molar refractivity (Wildman–Crippen MR) is 134 cm³/mol. The van der Waals surface area contributed by atoms with Crippen molar-refractivity contribution in [1.29, 1.82) is 5.26 Å². The Morgan fingerprint density at radius 3 is 2.00 bits per heavy atom. The van der Waals surface area contributed by atoms with Crippen LogP contribution in [0.3, 0.4) is 0 Å². The number of nitrogens with two attached hydrogens (primary N) is 1. The monoisotopic (exact) mass is 522 g/mol. The number of carbonyl (C=O) groups is 4. The molecule has 196 valence electrons. The lowest BCUT2D eigenvalue weighted by atomic mass is 10.1. The maximum Gasteiger partial charge on any atom is 0.346 e. The Balaban J connectivity index is 0.000000287. The molecule has 3 rings (SSSR count). The molecule has 12 heteroatoms. The summed E-state index contributed by atoms with van der Waals surface area (Å²) in [6.45, 7) is 1.22. The van der Waals surface area contributed by atoms with Gasteiger partial charge in [-0.1, -0.05) is 24.3 Å². The van der Waals surface area contributed by atoms with Crippen molar-refractivity contribution < 1.29 is 49.4 Å². The molecular weight excluding hydrogens is 500 g/mol. The smallest absolute Gasteiger partial charge is 0.346 e. The van der Waals surface area contributed by atoms with Crippen LogP contribution in [0.5, 0.6) is 17.2 Å². The van der Waals surface area contributed by atoms with Crippen LogP contribution >= 0.6 is 0 Å². The number of aliphatic carboxylic acids is 1. The zero-order valence-corrected chi connectivity index (χ0v) is 19.7. The van der Waals surface area contributed by atoms with Crippen LogP contribution in [0, 0.1) is 11.3 Å². The molecule has 0 atom stereocenters. The highest BCUT2D eigenvalue weighted by molar-refractivity contribution is 5.96. The summed E-state index contributed by atoms with van der Waals surface area (Å²) < 4.78 is 4.69. The van der Waals surface area contributed by atoms with E-state index in [1.807, 2.05) is 0 Å². The van der Waals surface area contributed by atoms with Crippen LogP contribution in [-0.4, -0.2) is 49.4 Å². The van der Waals surface area contributed by atoms with Gasteiger partial charge < -0.3 is 36.0 Å². The SMILES string of the molecule is CC(=O)Oc1ccccc1C(=O)O.N#C/C(=C\c1cccc(O)c1)C(=O)O.Nc1ccc(C(=O)O)c(O)c1. The van der Waals surface area contributed by atoms with Gasteiger partial charge in [-0.2, -0.15) is 5.26 Å². The third kappa shape index (κ3) is 10.2. The number of hydrogen-bond acceptors (Lipinski definition) is 9. The maximum atomic E-state index is 10.6. The number of rotatable bonds is 5. The molecule has 38 heavy (non-hydrogen) atoms. The lowest BCUT2D eigenvalue weighted by Crippen LogP contribution is -2.06. The number of benzene rings is 3. The number of carbonyl (C=O) groups excluding carboxylic acids is 1. The lowest BCUT2D eigenvalue weighted by molar-refractivity contribution is -0.133. The molecule has 0 heterocycles. The molecule has 0 spiro atoms. The highest BCUT2D eigenvalue weighted by Crippen LogP contribution is 2.19. The van der Waals surface area contributed by atoms with Crippen LogP contribution in [0.2, 0.25) is 0 Å². The fraction of sp³-hybridized carbons (Fsp3) is 0.0385. The Kier molecular flexibility index (Phi) is 11.6. The van der Waals surface area contributed by atoms with Gasteiger partial charge in [0.2, 0.25) is 0 Å².